The molecule has 0 saturated carbocycles. The Morgan fingerprint density at radius 1 is 1.14 bits per heavy atom. The van der Waals surface area contributed by atoms with Crippen molar-refractivity contribution in [1.82, 2.24) is 0 Å². The number of rotatable bonds is 1. The number of hydrogen-bond donors (Lipinski definition) is 1. The van der Waals surface area contributed by atoms with Gasteiger partial charge in [0.1, 0.15) is 0 Å². The van der Waals surface area contributed by atoms with Gasteiger partial charge in [0, 0.05) is 0 Å². The van der Waals surface area contributed by atoms with Crippen molar-refractivity contribution in [2.24, 2.45) is 5.73 Å². The maximum Gasteiger partial charge on any atom is 0.416 e. The fraction of sp³-hybridized carbons (Fsp3) is 0.333. The van der Waals surface area contributed by atoms with Gasteiger partial charge < -0.3 is 5.73 Å². The molecule has 0 aliphatic heterocycles. The normalized spacial score (nSPS) is 16.4. The lowest BCUT2D eigenvalue weighted by atomic mass is 10.0. The molecular formula is C9H9F3IN. The Kier molecular flexibility index (Phi) is 3.10. The van der Waals surface area contributed by atoms with Crippen molar-refractivity contribution >= 4 is 22.6 Å². The third kappa shape index (κ3) is 2.60. The van der Waals surface area contributed by atoms with E-state index in [9.17, 15) is 13.2 Å². The molecule has 14 heavy (non-hydrogen) atoms. The standard InChI is InChI=1S/C9H9F3IN/c1-8(13,14)6-4-2-3-5-7(6)9(10,11)12/h2-5H,14H2,1H3. The van der Waals surface area contributed by atoms with Crippen molar-refractivity contribution in [3.63, 3.8) is 0 Å². The van der Waals surface area contributed by atoms with Crippen LogP contribution >= 0.6 is 22.6 Å². The molecule has 0 heterocycles. The quantitative estimate of drug-likeness (QED) is 0.480. The van der Waals surface area contributed by atoms with Crippen molar-refractivity contribution in [3.05, 3.63) is 35.4 Å². The van der Waals surface area contributed by atoms with Crippen LogP contribution in [0.25, 0.3) is 0 Å². The molecule has 1 aromatic carbocycles. The zero-order chi connectivity index (χ0) is 11.0. The largest absolute Gasteiger partial charge is 0.416 e. The second kappa shape index (κ2) is 3.69. The molecule has 1 aromatic rings. The van der Waals surface area contributed by atoms with Crippen LogP contribution in [0.3, 0.4) is 0 Å². The van der Waals surface area contributed by atoms with Crippen LogP contribution < -0.4 is 5.73 Å². The van der Waals surface area contributed by atoms with Gasteiger partial charge >= 0.3 is 6.18 Å². The molecule has 0 saturated heterocycles. The summed E-state index contributed by atoms with van der Waals surface area (Å²) >= 11 is 1.79. The minimum Gasteiger partial charge on any atom is -0.313 e. The molecule has 0 fully saturated rings. The molecule has 2 N–H and O–H groups in total. The molecular weight excluding hydrogens is 306 g/mol. The van der Waals surface area contributed by atoms with E-state index in [4.69, 9.17) is 5.73 Å². The summed E-state index contributed by atoms with van der Waals surface area (Å²) in [4.78, 5) is 0. The second-order valence-corrected chi connectivity index (χ2v) is 5.36. The van der Waals surface area contributed by atoms with Gasteiger partial charge in [0.05, 0.1) is 9.11 Å². The van der Waals surface area contributed by atoms with Crippen LogP contribution in [0.15, 0.2) is 24.3 Å². The van der Waals surface area contributed by atoms with Gasteiger partial charge in [-0.3, -0.25) is 0 Å². The summed E-state index contributed by atoms with van der Waals surface area (Å²) in [6.07, 6.45) is -4.34. The Morgan fingerprint density at radius 3 is 1.86 bits per heavy atom. The maximum absolute atomic E-state index is 12.5. The fourth-order valence-corrected chi connectivity index (χ4v) is 1.63. The van der Waals surface area contributed by atoms with Gasteiger partial charge in [-0.15, -0.1) is 0 Å². The van der Waals surface area contributed by atoms with E-state index >= 15 is 0 Å². The van der Waals surface area contributed by atoms with Crippen LogP contribution in [0.2, 0.25) is 0 Å². The third-order valence-electron chi connectivity index (χ3n) is 1.76. The highest BCUT2D eigenvalue weighted by Gasteiger charge is 2.36. The van der Waals surface area contributed by atoms with Crippen LogP contribution in [0.4, 0.5) is 13.2 Å². The molecule has 0 bridgehead atoms. The number of halogens is 4. The monoisotopic (exact) mass is 315 g/mol. The molecule has 5 heteroatoms. The molecule has 0 aliphatic rings. The molecule has 0 radical (unpaired) electrons. The van der Waals surface area contributed by atoms with E-state index in [0.717, 1.165) is 6.07 Å². The van der Waals surface area contributed by atoms with Crippen LogP contribution in [0.1, 0.15) is 18.1 Å². The van der Waals surface area contributed by atoms with Gasteiger partial charge in [0.25, 0.3) is 0 Å². The van der Waals surface area contributed by atoms with E-state index in [1.54, 1.807) is 28.7 Å². The molecule has 1 unspecified atom stereocenters. The van der Waals surface area contributed by atoms with Gasteiger partial charge in [-0.1, -0.05) is 40.8 Å². The highest BCUT2D eigenvalue weighted by atomic mass is 127. The van der Waals surface area contributed by atoms with Crippen LogP contribution in [-0.4, -0.2) is 0 Å². The Bertz CT molecular complexity index is 295. The zero-order valence-corrected chi connectivity index (χ0v) is 9.56. The van der Waals surface area contributed by atoms with Gasteiger partial charge in [-0.25, -0.2) is 0 Å². The van der Waals surface area contributed by atoms with Gasteiger partial charge in [-0.05, 0) is 18.6 Å². The minimum atomic E-state index is -4.34. The van der Waals surface area contributed by atoms with Crippen molar-refractivity contribution in [2.45, 2.75) is 16.6 Å². The van der Waals surface area contributed by atoms with Crippen LogP contribution in [0.5, 0.6) is 0 Å². The number of benzene rings is 1. The first-order chi connectivity index (χ1) is 6.23. The first-order valence-corrected chi connectivity index (χ1v) is 4.95. The van der Waals surface area contributed by atoms with E-state index < -0.39 is 15.3 Å². The number of nitrogens with two attached hydrogens (primary N) is 1. The van der Waals surface area contributed by atoms with Crippen molar-refractivity contribution in [2.75, 3.05) is 0 Å². The SMILES string of the molecule is CC(N)(I)c1ccccc1C(F)(F)F. The molecule has 0 aliphatic carbocycles. The van der Waals surface area contributed by atoms with Crippen molar-refractivity contribution in [1.29, 1.82) is 0 Å². The third-order valence-corrected chi connectivity index (χ3v) is 2.34. The molecule has 1 atom stereocenters. The Hall–Kier alpha value is -0.300. The highest BCUT2D eigenvalue weighted by molar-refractivity contribution is 14.1. The van der Waals surface area contributed by atoms with E-state index in [1.165, 1.54) is 19.1 Å². The summed E-state index contributed by atoms with van der Waals surface area (Å²) < 4.78 is 36.5. The molecule has 1 rings (SSSR count). The predicted octanol–water partition coefficient (Wildman–Crippen LogP) is 3.27. The summed E-state index contributed by atoms with van der Waals surface area (Å²) in [6.45, 7) is 1.54. The van der Waals surface area contributed by atoms with Crippen LogP contribution in [-0.2, 0) is 9.72 Å². The van der Waals surface area contributed by atoms with E-state index in [0.29, 0.717) is 0 Å². The molecule has 78 valence electrons. The first kappa shape index (κ1) is 11.8. The Labute approximate surface area is 93.6 Å². The summed E-state index contributed by atoms with van der Waals surface area (Å²) in [5.74, 6) is 0. The lowest BCUT2D eigenvalue weighted by Crippen LogP contribution is -2.28. The molecule has 1 nitrogen and oxygen atoms in total. The van der Waals surface area contributed by atoms with Gasteiger partial charge in [-0.2, -0.15) is 13.2 Å². The molecule has 0 aromatic heterocycles. The topological polar surface area (TPSA) is 26.0 Å². The average Bonchev–Trinajstić information content (AvgIpc) is 2.01. The predicted molar refractivity (Wildman–Crippen MR) is 57.0 cm³/mol. The average molecular weight is 315 g/mol. The summed E-state index contributed by atoms with van der Waals surface area (Å²) in [7, 11) is 0. The van der Waals surface area contributed by atoms with Crippen molar-refractivity contribution in [3.8, 4) is 0 Å². The Morgan fingerprint density at radius 2 is 1.57 bits per heavy atom. The van der Waals surface area contributed by atoms with E-state index in [2.05, 4.69) is 0 Å². The first-order valence-electron chi connectivity index (χ1n) is 3.87. The van der Waals surface area contributed by atoms with Crippen LogP contribution in [0, 0.1) is 0 Å². The van der Waals surface area contributed by atoms with Crippen molar-refractivity contribution < 1.29 is 13.2 Å². The highest BCUT2D eigenvalue weighted by Crippen LogP contribution is 2.37. The lowest BCUT2D eigenvalue weighted by molar-refractivity contribution is -0.138. The number of alkyl halides is 4. The lowest BCUT2D eigenvalue weighted by Gasteiger charge is -2.22. The van der Waals surface area contributed by atoms with Gasteiger partial charge in [0.2, 0.25) is 0 Å². The summed E-state index contributed by atoms with van der Waals surface area (Å²) in [6, 6.07) is 5.34. The molecule has 0 spiro atoms. The zero-order valence-electron chi connectivity index (χ0n) is 7.40. The van der Waals surface area contributed by atoms with Gasteiger partial charge in [0.15, 0.2) is 0 Å². The Balaban J connectivity index is 3.31. The second-order valence-electron chi connectivity index (χ2n) is 3.12. The number of hydrogen-bond acceptors (Lipinski definition) is 1. The summed E-state index contributed by atoms with van der Waals surface area (Å²) in [5, 5.41) is 0. The molecule has 0 amide bonds. The smallest absolute Gasteiger partial charge is 0.313 e. The fourth-order valence-electron chi connectivity index (χ4n) is 1.16. The summed E-state index contributed by atoms with van der Waals surface area (Å²) in [5.41, 5.74) is 5.08. The van der Waals surface area contributed by atoms with E-state index in [-0.39, 0.29) is 5.56 Å². The van der Waals surface area contributed by atoms with E-state index in [1.807, 2.05) is 0 Å². The minimum absolute atomic E-state index is 0.105. The maximum atomic E-state index is 12.5.